The fourth-order valence-corrected chi connectivity index (χ4v) is 5.34. The van der Waals surface area contributed by atoms with Crippen LogP contribution >= 0.6 is 0 Å². The standard InChI is InChI=1S/C25H28N8O3/c26-12-18-13-27-19(11-20(18)34)21(36-24(35)17-1-2-17)14-31-8-5-25(6-9-31)7-10-32(15-25)23-4-3-22-29-28-16-33(22)30-23/h3-4,11,13,16-17,21H,1-2,5-10,14-15H2,(H,27,34)/t21-/m0/s1. The molecule has 2 saturated heterocycles. The second-order valence-corrected chi connectivity index (χ2v) is 10.2. The molecule has 0 unspecified atom stereocenters. The summed E-state index contributed by atoms with van der Waals surface area (Å²) in [6.45, 7) is 4.24. The molecule has 1 N–H and O–H groups in total. The Morgan fingerprint density at radius 2 is 2.06 bits per heavy atom. The lowest BCUT2D eigenvalue weighted by molar-refractivity contribution is -0.152. The normalized spacial score (nSPS) is 20.5. The highest BCUT2D eigenvalue weighted by Crippen LogP contribution is 2.42. The van der Waals surface area contributed by atoms with Gasteiger partial charge in [0.15, 0.2) is 11.8 Å². The zero-order valence-corrected chi connectivity index (χ0v) is 20.0. The summed E-state index contributed by atoms with van der Waals surface area (Å²) in [5.74, 6) is 0.569. The van der Waals surface area contributed by atoms with Crippen LogP contribution in [0, 0.1) is 22.7 Å². The molecule has 5 heterocycles. The first kappa shape index (κ1) is 22.7. The van der Waals surface area contributed by atoms with Crippen molar-refractivity contribution in [2.24, 2.45) is 11.3 Å². The maximum absolute atomic E-state index is 12.5. The maximum atomic E-state index is 12.5. The summed E-state index contributed by atoms with van der Waals surface area (Å²) in [6, 6.07) is 7.32. The molecule has 36 heavy (non-hydrogen) atoms. The molecule has 11 nitrogen and oxygen atoms in total. The highest BCUT2D eigenvalue weighted by molar-refractivity contribution is 5.75. The Hall–Kier alpha value is -3.78. The summed E-state index contributed by atoms with van der Waals surface area (Å²) in [5, 5.41) is 31.9. The lowest BCUT2D eigenvalue weighted by Crippen LogP contribution is -2.43. The van der Waals surface area contributed by atoms with Crippen molar-refractivity contribution in [1.82, 2.24) is 29.7 Å². The fraction of sp³-hybridized carbons (Fsp3) is 0.520. The molecule has 1 aliphatic carbocycles. The number of pyridine rings is 1. The molecule has 1 saturated carbocycles. The van der Waals surface area contributed by atoms with E-state index in [1.165, 1.54) is 12.3 Å². The molecule has 1 atom stereocenters. The minimum Gasteiger partial charge on any atom is -0.506 e. The van der Waals surface area contributed by atoms with Crippen molar-refractivity contribution in [2.75, 3.05) is 37.6 Å². The molecule has 11 heteroatoms. The highest BCUT2D eigenvalue weighted by Gasteiger charge is 2.42. The van der Waals surface area contributed by atoms with Crippen molar-refractivity contribution >= 4 is 17.4 Å². The number of aromatic nitrogens is 5. The van der Waals surface area contributed by atoms with Crippen LogP contribution in [0.25, 0.3) is 5.65 Å². The van der Waals surface area contributed by atoms with Crippen LogP contribution in [0.3, 0.4) is 0 Å². The number of nitriles is 1. The zero-order chi connectivity index (χ0) is 24.7. The van der Waals surface area contributed by atoms with E-state index in [0.29, 0.717) is 12.2 Å². The summed E-state index contributed by atoms with van der Waals surface area (Å²) in [5.41, 5.74) is 1.56. The van der Waals surface area contributed by atoms with E-state index >= 15 is 0 Å². The first-order valence-electron chi connectivity index (χ1n) is 12.5. The van der Waals surface area contributed by atoms with Gasteiger partial charge in [-0.05, 0) is 62.7 Å². The minimum absolute atomic E-state index is 0.0282. The topological polar surface area (TPSA) is 133 Å². The smallest absolute Gasteiger partial charge is 0.309 e. The molecule has 0 aromatic carbocycles. The van der Waals surface area contributed by atoms with Gasteiger partial charge in [-0.25, -0.2) is 0 Å². The molecule has 3 aromatic heterocycles. The van der Waals surface area contributed by atoms with Crippen LogP contribution in [0.1, 0.15) is 49.5 Å². The van der Waals surface area contributed by atoms with Crippen molar-refractivity contribution in [2.45, 2.75) is 38.2 Å². The van der Waals surface area contributed by atoms with E-state index in [9.17, 15) is 9.90 Å². The molecule has 3 aromatic rings. The Balaban J connectivity index is 1.11. The van der Waals surface area contributed by atoms with Crippen molar-refractivity contribution in [3.8, 4) is 11.8 Å². The third-order valence-corrected chi connectivity index (χ3v) is 7.77. The number of hydrogen-bond acceptors (Lipinski definition) is 10. The Morgan fingerprint density at radius 1 is 1.25 bits per heavy atom. The van der Waals surface area contributed by atoms with Gasteiger partial charge in [-0.1, -0.05) is 0 Å². The quantitative estimate of drug-likeness (QED) is 0.514. The minimum atomic E-state index is -0.578. The van der Waals surface area contributed by atoms with Crippen molar-refractivity contribution in [1.29, 1.82) is 5.26 Å². The van der Waals surface area contributed by atoms with E-state index in [2.05, 4.69) is 30.1 Å². The van der Waals surface area contributed by atoms with Crippen molar-refractivity contribution in [3.63, 3.8) is 0 Å². The molecular formula is C25H28N8O3. The van der Waals surface area contributed by atoms with Gasteiger partial charge in [-0.15, -0.1) is 15.3 Å². The summed E-state index contributed by atoms with van der Waals surface area (Å²) < 4.78 is 7.56. The average molecular weight is 489 g/mol. The van der Waals surface area contributed by atoms with Crippen LogP contribution in [0.4, 0.5) is 5.82 Å². The first-order chi connectivity index (χ1) is 17.5. The van der Waals surface area contributed by atoms with Gasteiger partial charge in [0.1, 0.15) is 29.5 Å². The fourth-order valence-electron chi connectivity index (χ4n) is 5.34. The zero-order valence-electron chi connectivity index (χ0n) is 20.0. The molecule has 1 spiro atoms. The Labute approximate surface area is 208 Å². The molecule has 0 amide bonds. The maximum Gasteiger partial charge on any atom is 0.309 e. The van der Waals surface area contributed by atoms with E-state index < -0.39 is 6.10 Å². The number of carbonyl (C=O) groups is 1. The SMILES string of the molecule is N#Cc1cnc([C@H](CN2CCC3(CC2)CCN(c2ccc4nncn4n2)C3)OC(=O)C2CC2)cc1O. The van der Waals surface area contributed by atoms with Gasteiger partial charge in [0, 0.05) is 31.9 Å². The first-order valence-corrected chi connectivity index (χ1v) is 12.5. The van der Waals surface area contributed by atoms with Crippen LogP contribution in [-0.4, -0.2) is 73.5 Å². The number of fused-ring (bicyclic) bond motifs is 1. The summed E-state index contributed by atoms with van der Waals surface area (Å²) >= 11 is 0. The third kappa shape index (κ3) is 4.44. The van der Waals surface area contributed by atoms with Gasteiger partial charge >= 0.3 is 5.97 Å². The van der Waals surface area contributed by atoms with Crippen LogP contribution < -0.4 is 4.90 Å². The molecule has 2 aliphatic heterocycles. The van der Waals surface area contributed by atoms with Gasteiger partial charge in [-0.2, -0.15) is 9.78 Å². The van der Waals surface area contributed by atoms with Gasteiger partial charge in [-0.3, -0.25) is 14.7 Å². The van der Waals surface area contributed by atoms with Crippen molar-refractivity contribution < 1.29 is 14.6 Å². The lowest BCUT2D eigenvalue weighted by Gasteiger charge is -2.40. The van der Waals surface area contributed by atoms with E-state index in [4.69, 9.17) is 10.00 Å². The van der Waals surface area contributed by atoms with Crippen LogP contribution in [0.15, 0.2) is 30.7 Å². The Morgan fingerprint density at radius 3 is 2.81 bits per heavy atom. The molecule has 0 radical (unpaired) electrons. The predicted molar refractivity (Wildman–Crippen MR) is 128 cm³/mol. The molecular weight excluding hydrogens is 460 g/mol. The Kier molecular flexibility index (Phi) is 5.68. The van der Waals surface area contributed by atoms with Gasteiger partial charge in [0.25, 0.3) is 0 Å². The monoisotopic (exact) mass is 488 g/mol. The van der Waals surface area contributed by atoms with Crippen molar-refractivity contribution in [3.05, 3.63) is 42.0 Å². The predicted octanol–water partition coefficient (Wildman–Crippen LogP) is 2.08. The number of rotatable bonds is 6. The second-order valence-electron chi connectivity index (χ2n) is 10.2. The molecule has 6 rings (SSSR count). The summed E-state index contributed by atoms with van der Waals surface area (Å²) in [7, 11) is 0. The van der Waals surface area contributed by atoms with Crippen LogP contribution in [0.2, 0.25) is 0 Å². The number of anilines is 1. The van der Waals surface area contributed by atoms with E-state index in [0.717, 1.165) is 69.7 Å². The molecule has 0 bridgehead atoms. The van der Waals surface area contributed by atoms with Gasteiger partial charge in [0.05, 0.1) is 11.6 Å². The van der Waals surface area contributed by atoms with E-state index in [1.54, 1.807) is 10.8 Å². The number of ether oxygens (including phenoxy) is 1. The highest BCUT2D eigenvalue weighted by atomic mass is 16.5. The van der Waals surface area contributed by atoms with E-state index in [1.807, 2.05) is 18.2 Å². The number of likely N-dealkylation sites (tertiary alicyclic amines) is 1. The second kappa shape index (κ2) is 9.02. The lowest BCUT2D eigenvalue weighted by atomic mass is 9.77. The van der Waals surface area contributed by atoms with Crippen LogP contribution in [0.5, 0.6) is 5.75 Å². The number of aromatic hydroxyl groups is 1. The van der Waals surface area contributed by atoms with Gasteiger partial charge in [0.2, 0.25) is 0 Å². The number of piperidine rings is 1. The molecule has 3 aliphatic rings. The number of esters is 1. The number of carbonyl (C=O) groups excluding carboxylic acids is 1. The Bertz CT molecular complexity index is 1320. The van der Waals surface area contributed by atoms with Crippen LogP contribution in [-0.2, 0) is 9.53 Å². The van der Waals surface area contributed by atoms with E-state index in [-0.39, 0.29) is 28.6 Å². The summed E-state index contributed by atoms with van der Waals surface area (Å²) in [4.78, 5) is 21.5. The number of hydrogen-bond donors (Lipinski definition) is 1. The summed E-state index contributed by atoms with van der Waals surface area (Å²) in [6.07, 6.45) is 7.32. The largest absolute Gasteiger partial charge is 0.506 e. The average Bonchev–Trinajstić information content (AvgIpc) is 3.51. The van der Waals surface area contributed by atoms with Gasteiger partial charge < -0.3 is 14.7 Å². The molecule has 3 fully saturated rings. The third-order valence-electron chi connectivity index (χ3n) is 7.77. The molecule has 186 valence electrons. The number of nitrogens with zero attached hydrogens (tertiary/aromatic N) is 8.